The van der Waals surface area contributed by atoms with Crippen LogP contribution in [-0.2, 0) is 0 Å². The molecule has 0 radical (unpaired) electrons. The second-order valence-corrected chi connectivity index (χ2v) is 7.57. The highest BCUT2D eigenvalue weighted by Crippen LogP contribution is 2.21. The molecule has 2 fully saturated rings. The largest absolute Gasteiger partial charge is 0.306 e. The molecule has 3 nitrogen and oxygen atoms in total. The molecule has 0 aromatic carbocycles. The van der Waals surface area contributed by atoms with Gasteiger partial charge in [0.15, 0.2) is 0 Å². The summed E-state index contributed by atoms with van der Waals surface area (Å²) < 4.78 is 0. The summed E-state index contributed by atoms with van der Waals surface area (Å²) in [5.41, 5.74) is 0. The van der Waals surface area contributed by atoms with Crippen LogP contribution in [0.5, 0.6) is 0 Å². The first-order chi connectivity index (χ1) is 9.54. The average molecular weight is 281 g/mol. The van der Waals surface area contributed by atoms with Gasteiger partial charge in [-0.25, -0.2) is 0 Å². The lowest BCUT2D eigenvalue weighted by molar-refractivity contribution is 0.0683. The van der Waals surface area contributed by atoms with Crippen LogP contribution in [0.25, 0.3) is 0 Å². The van der Waals surface area contributed by atoms with E-state index in [1.807, 2.05) is 0 Å². The number of hydrogen-bond acceptors (Lipinski definition) is 3. The summed E-state index contributed by atoms with van der Waals surface area (Å²) >= 11 is 0. The van der Waals surface area contributed by atoms with Crippen LogP contribution in [-0.4, -0.2) is 73.6 Å². The molecule has 2 saturated heterocycles. The maximum Gasteiger partial charge on any atom is 0.0195 e. The summed E-state index contributed by atoms with van der Waals surface area (Å²) in [5, 5.41) is 0. The number of rotatable bonds is 5. The standard InChI is InChI=1S/C17H35N3/c1-15(2)13-20-12-11-19(14-16(20)3)10-7-17-5-8-18(4)9-6-17/h15-17H,5-14H2,1-4H3. The molecule has 2 rings (SSSR count). The molecule has 2 aliphatic heterocycles. The molecule has 0 saturated carbocycles. The van der Waals surface area contributed by atoms with E-state index in [2.05, 4.69) is 42.5 Å². The Labute approximate surface area is 126 Å². The minimum Gasteiger partial charge on any atom is -0.306 e. The van der Waals surface area contributed by atoms with E-state index in [9.17, 15) is 0 Å². The van der Waals surface area contributed by atoms with E-state index in [0.717, 1.165) is 17.9 Å². The number of hydrogen-bond donors (Lipinski definition) is 0. The summed E-state index contributed by atoms with van der Waals surface area (Å²) in [5.74, 6) is 1.78. The van der Waals surface area contributed by atoms with Crippen LogP contribution < -0.4 is 0 Å². The van der Waals surface area contributed by atoms with E-state index in [0.29, 0.717) is 0 Å². The third-order valence-electron chi connectivity index (χ3n) is 5.14. The first kappa shape index (κ1) is 16.3. The molecule has 2 aliphatic rings. The van der Waals surface area contributed by atoms with Crippen LogP contribution in [0.2, 0.25) is 0 Å². The zero-order valence-corrected chi connectivity index (χ0v) is 14.1. The van der Waals surface area contributed by atoms with Gasteiger partial charge in [-0.1, -0.05) is 13.8 Å². The summed E-state index contributed by atoms with van der Waals surface area (Å²) in [6.45, 7) is 16.1. The SMILES string of the molecule is CC(C)CN1CCN(CCC2CCN(C)CC2)CC1C. The van der Waals surface area contributed by atoms with E-state index in [4.69, 9.17) is 0 Å². The molecule has 1 atom stereocenters. The van der Waals surface area contributed by atoms with Crippen LogP contribution in [0.3, 0.4) is 0 Å². The monoisotopic (exact) mass is 281 g/mol. The molecule has 118 valence electrons. The second kappa shape index (κ2) is 7.77. The predicted octanol–water partition coefficient (Wildman–Crippen LogP) is 2.38. The maximum absolute atomic E-state index is 2.71. The van der Waals surface area contributed by atoms with Crippen molar-refractivity contribution in [1.29, 1.82) is 0 Å². The fourth-order valence-electron chi connectivity index (χ4n) is 3.73. The molecule has 2 heterocycles. The number of piperazine rings is 1. The van der Waals surface area contributed by atoms with Crippen molar-refractivity contribution in [2.75, 3.05) is 52.9 Å². The summed E-state index contributed by atoms with van der Waals surface area (Å²) in [6.07, 6.45) is 4.25. The Morgan fingerprint density at radius 3 is 2.35 bits per heavy atom. The Morgan fingerprint density at radius 1 is 1.05 bits per heavy atom. The highest BCUT2D eigenvalue weighted by molar-refractivity contribution is 4.80. The lowest BCUT2D eigenvalue weighted by Gasteiger charge is -2.41. The van der Waals surface area contributed by atoms with Crippen LogP contribution in [0.4, 0.5) is 0 Å². The Kier molecular flexibility index (Phi) is 6.31. The van der Waals surface area contributed by atoms with Crippen molar-refractivity contribution in [3.8, 4) is 0 Å². The van der Waals surface area contributed by atoms with Crippen molar-refractivity contribution < 1.29 is 0 Å². The molecule has 3 heteroatoms. The molecular weight excluding hydrogens is 246 g/mol. The van der Waals surface area contributed by atoms with E-state index in [1.54, 1.807) is 0 Å². The van der Waals surface area contributed by atoms with Crippen molar-refractivity contribution in [2.24, 2.45) is 11.8 Å². The van der Waals surface area contributed by atoms with E-state index in [-0.39, 0.29) is 0 Å². The zero-order valence-electron chi connectivity index (χ0n) is 14.1. The van der Waals surface area contributed by atoms with Gasteiger partial charge in [-0.3, -0.25) is 4.90 Å². The molecule has 1 unspecified atom stereocenters. The molecule has 0 spiro atoms. The number of nitrogens with zero attached hydrogens (tertiary/aromatic N) is 3. The Bertz CT molecular complexity index is 271. The number of piperidine rings is 1. The second-order valence-electron chi connectivity index (χ2n) is 7.57. The van der Waals surface area contributed by atoms with Gasteiger partial charge < -0.3 is 9.80 Å². The topological polar surface area (TPSA) is 9.72 Å². The summed E-state index contributed by atoms with van der Waals surface area (Å²) in [4.78, 5) is 7.86. The minimum absolute atomic E-state index is 0.739. The fraction of sp³-hybridized carbons (Fsp3) is 1.00. The first-order valence-electron chi connectivity index (χ1n) is 8.69. The lowest BCUT2D eigenvalue weighted by atomic mass is 9.93. The smallest absolute Gasteiger partial charge is 0.0195 e. The van der Waals surface area contributed by atoms with E-state index >= 15 is 0 Å². The predicted molar refractivity (Wildman–Crippen MR) is 87.2 cm³/mol. The Hall–Kier alpha value is -0.120. The fourth-order valence-corrected chi connectivity index (χ4v) is 3.73. The Balaban J connectivity index is 1.65. The lowest BCUT2D eigenvalue weighted by Crippen LogP contribution is -2.53. The number of likely N-dealkylation sites (tertiary alicyclic amines) is 1. The summed E-state index contributed by atoms with van der Waals surface area (Å²) in [6, 6.07) is 0.739. The van der Waals surface area contributed by atoms with Crippen molar-refractivity contribution >= 4 is 0 Å². The third kappa shape index (κ3) is 5.01. The molecule has 0 aromatic heterocycles. The van der Waals surface area contributed by atoms with Gasteiger partial charge in [0.25, 0.3) is 0 Å². The van der Waals surface area contributed by atoms with Crippen LogP contribution >= 0.6 is 0 Å². The van der Waals surface area contributed by atoms with Gasteiger partial charge >= 0.3 is 0 Å². The Morgan fingerprint density at radius 2 is 1.75 bits per heavy atom. The molecule has 0 aliphatic carbocycles. The molecule has 0 N–H and O–H groups in total. The average Bonchev–Trinajstić information content (AvgIpc) is 2.40. The van der Waals surface area contributed by atoms with Gasteiger partial charge in [-0.2, -0.15) is 0 Å². The zero-order chi connectivity index (χ0) is 14.5. The molecule has 20 heavy (non-hydrogen) atoms. The molecule has 0 bridgehead atoms. The normalized spacial score (nSPS) is 28.4. The van der Waals surface area contributed by atoms with E-state index in [1.165, 1.54) is 65.1 Å². The van der Waals surface area contributed by atoms with Gasteiger partial charge in [-0.05, 0) is 64.7 Å². The third-order valence-corrected chi connectivity index (χ3v) is 5.14. The van der Waals surface area contributed by atoms with Crippen molar-refractivity contribution in [2.45, 2.75) is 46.1 Å². The maximum atomic E-state index is 2.71. The van der Waals surface area contributed by atoms with Crippen LogP contribution in [0, 0.1) is 11.8 Å². The minimum atomic E-state index is 0.739. The van der Waals surface area contributed by atoms with Gasteiger partial charge in [0.2, 0.25) is 0 Å². The summed E-state index contributed by atoms with van der Waals surface area (Å²) in [7, 11) is 2.26. The van der Waals surface area contributed by atoms with Gasteiger partial charge in [0.05, 0.1) is 0 Å². The molecular formula is C17H35N3. The molecule has 0 amide bonds. The first-order valence-corrected chi connectivity index (χ1v) is 8.69. The van der Waals surface area contributed by atoms with Crippen molar-refractivity contribution in [3.63, 3.8) is 0 Å². The highest BCUT2D eigenvalue weighted by atomic mass is 15.3. The van der Waals surface area contributed by atoms with E-state index < -0.39 is 0 Å². The van der Waals surface area contributed by atoms with Crippen molar-refractivity contribution in [3.05, 3.63) is 0 Å². The molecule has 0 aromatic rings. The van der Waals surface area contributed by atoms with Crippen LogP contribution in [0.15, 0.2) is 0 Å². The van der Waals surface area contributed by atoms with Gasteiger partial charge in [0.1, 0.15) is 0 Å². The quantitative estimate of drug-likeness (QED) is 0.766. The van der Waals surface area contributed by atoms with Crippen LogP contribution in [0.1, 0.15) is 40.0 Å². The highest BCUT2D eigenvalue weighted by Gasteiger charge is 2.25. The van der Waals surface area contributed by atoms with Gasteiger partial charge in [0, 0.05) is 32.2 Å². The van der Waals surface area contributed by atoms with Gasteiger partial charge in [-0.15, -0.1) is 0 Å². The van der Waals surface area contributed by atoms with Crippen molar-refractivity contribution in [1.82, 2.24) is 14.7 Å².